The van der Waals surface area contributed by atoms with Crippen LogP contribution >= 0.6 is 11.8 Å². The third kappa shape index (κ3) is 39.4. The summed E-state index contributed by atoms with van der Waals surface area (Å²) in [6.45, 7) is 11.6. The van der Waals surface area contributed by atoms with E-state index in [1.807, 2.05) is 0 Å². The van der Waals surface area contributed by atoms with Crippen LogP contribution in [0.5, 0.6) is 5.75 Å². The predicted molar refractivity (Wildman–Crippen MR) is 478 cm³/mol. The minimum atomic E-state index is -1.95. The first-order valence-corrected chi connectivity index (χ1v) is 45.5. The van der Waals surface area contributed by atoms with E-state index in [2.05, 4.69) is 37.2 Å². The normalized spacial score (nSPS) is 15.6. The molecule has 37 nitrogen and oxygen atoms in total. The molecule has 38 heteroatoms. The number of carbonyl (C=O) groups is 20. The Morgan fingerprint density at radius 3 is 1.39 bits per heavy atom. The number of aliphatic hydroxyl groups is 4. The van der Waals surface area contributed by atoms with E-state index in [0.717, 1.165) is 30.5 Å². The number of phenolic OH excluding ortho intramolecular Hbond substituents is 1. The van der Waals surface area contributed by atoms with Crippen molar-refractivity contribution in [2.24, 2.45) is 64.9 Å². The molecule has 0 spiro atoms. The van der Waals surface area contributed by atoms with Crippen molar-refractivity contribution in [1.82, 2.24) is 42.1 Å². The van der Waals surface area contributed by atoms with E-state index in [9.17, 15) is 137 Å². The van der Waals surface area contributed by atoms with Crippen molar-refractivity contribution >= 4 is 129 Å². The number of phenols is 1. The highest BCUT2D eigenvalue weighted by Gasteiger charge is 2.42. The third-order valence-corrected chi connectivity index (χ3v) is 23.8. The third-order valence-electron chi connectivity index (χ3n) is 22.8. The first-order chi connectivity index (χ1) is 61.8. The van der Waals surface area contributed by atoms with Crippen molar-refractivity contribution < 1.29 is 137 Å². The summed E-state index contributed by atoms with van der Waals surface area (Å²) in [4.78, 5) is 273. The summed E-state index contributed by atoms with van der Waals surface area (Å²) in [6.07, 6.45) is -9.43. The van der Waals surface area contributed by atoms with Crippen LogP contribution in [0.25, 0.3) is 0 Å². The smallest absolute Gasteiger partial charge is 0.304 e. The first kappa shape index (κ1) is 112. The van der Waals surface area contributed by atoms with Crippen molar-refractivity contribution in [2.45, 2.75) is 246 Å². The number of nitrogens with zero attached hydrogens (tertiary/aromatic N) is 1. The number of aromatic hydroxyl groups is 1. The molecule has 1 heterocycles. The number of thioether (sulfide) groups is 1. The molecule has 131 heavy (non-hydrogen) atoms. The number of carbonyl (C=O) groups excluding carboxylic acids is 17. The zero-order valence-electron chi connectivity index (χ0n) is 75.9. The molecular formula is C93H131N9O28S. The minimum Gasteiger partial charge on any atom is -0.508 e. The van der Waals surface area contributed by atoms with E-state index in [4.69, 9.17) is 5.73 Å². The first-order valence-electron chi connectivity index (χ1n) is 44.4. The number of aliphatic hydroxyl groups excluding tert-OH is 4. The van der Waals surface area contributed by atoms with Gasteiger partial charge in [0, 0.05) is 82.2 Å². The summed E-state index contributed by atoms with van der Waals surface area (Å²) in [7, 11) is 0. The van der Waals surface area contributed by atoms with Gasteiger partial charge in [0.15, 0.2) is 34.7 Å². The van der Waals surface area contributed by atoms with Gasteiger partial charge in [-0.15, -0.1) is 11.8 Å². The zero-order chi connectivity index (χ0) is 98.1. The maximum Gasteiger partial charge on any atom is 0.304 e. The fourth-order valence-corrected chi connectivity index (χ4v) is 15.9. The number of unbranched alkanes of at least 4 members (excludes halogenated alkanes) is 1. The highest BCUT2D eigenvalue weighted by atomic mass is 32.2. The second kappa shape index (κ2) is 57.2. The van der Waals surface area contributed by atoms with Gasteiger partial charge >= 0.3 is 17.9 Å². The standard InChI is InChI=1S/C93H131N9O28S/c1-10-53(6)84(80(115)40-60(35-58-25-28-64(107)29-26-58)87(124)97-72(33-51(2)3)76(111)38-61(42-82(118)119)86(123)96-54(7)19-16-17-31-94)101-89(126)63(47-103)41-77(112)73(34-52(4)5)98-88(125)62(43-83(120)121)39-78(113)75(48-104)100-91(128)71(56(9)106)45-79(114)74(36-57-20-12-11-13-21-57)99-90(127)70(55(8)105)44-66(109)46-95-85(122)59(27-30-81(116)117)37-67(110)50-131-49-65(108)22-18-32-102-92(129)68-23-14-15-24-69(68)93(102)130/h11-15,20-21,23-26,28-29,51-56,59-63,70-75,84,103-107H,10,16-19,22,27,30-50,94H2,1-9H3,(H,95,122)(H,96,123)(H,97,124)(H,98,125)(H,99,127)(H,100,128)(H,101,126)(H,116,117)(H,118,119)(H,120,121)/t53-,54+,55+,56+,59+,60+,61-,62-,63-,70-,71-,72-,73-,74-,75-,84-/m0/s1. The summed E-state index contributed by atoms with van der Waals surface area (Å²) >= 11 is 0.934. The fourth-order valence-electron chi connectivity index (χ4n) is 15.1. The van der Waals surface area contributed by atoms with Gasteiger partial charge in [-0.05, 0) is 132 Å². The van der Waals surface area contributed by atoms with Gasteiger partial charge in [-0.1, -0.05) is 109 Å². The number of benzene rings is 3. The molecule has 0 saturated carbocycles. The van der Waals surface area contributed by atoms with Crippen molar-refractivity contribution in [2.75, 3.05) is 44.4 Å². The molecule has 0 saturated heterocycles. The molecule has 0 radical (unpaired) electrons. The van der Waals surface area contributed by atoms with E-state index in [-0.39, 0.29) is 104 Å². The van der Waals surface area contributed by atoms with Crippen molar-refractivity contribution in [3.05, 3.63) is 101 Å². The Hall–Kier alpha value is -11.2. The Bertz CT molecular complexity index is 4410. The van der Waals surface area contributed by atoms with Crippen LogP contribution in [-0.2, 0) is 99.1 Å². The molecule has 4 rings (SSSR count). The van der Waals surface area contributed by atoms with Crippen LogP contribution in [0.15, 0.2) is 78.9 Å². The van der Waals surface area contributed by atoms with Gasteiger partial charge in [-0.25, -0.2) is 0 Å². The molecule has 3 aromatic rings. The van der Waals surface area contributed by atoms with Gasteiger partial charge in [-0.2, -0.15) is 0 Å². The van der Waals surface area contributed by atoms with Crippen molar-refractivity contribution in [3.8, 4) is 5.75 Å². The second-order valence-electron chi connectivity index (χ2n) is 34.8. The van der Waals surface area contributed by atoms with Gasteiger partial charge in [0.2, 0.25) is 41.4 Å². The molecule has 3 aromatic carbocycles. The van der Waals surface area contributed by atoms with Crippen LogP contribution in [-0.4, -0.2) is 256 Å². The number of Topliss-reactive ketones (excluding diaryl/α,β-unsaturated/α-hetero) is 8. The average Bonchev–Trinajstić information content (AvgIpc) is 1.64. The van der Waals surface area contributed by atoms with E-state index >= 15 is 0 Å². The highest BCUT2D eigenvalue weighted by Crippen LogP contribution is 2.28. The van der Waals surface area contributed by atoms with Crippen molar-refractivity contribution in [3.63, 3.8) is 0 Å². The summed E-state index contributed by atoms with van der Waals surface area (Å²) in [5, 5.41) is 101. The molecule has 16 atom stereocenters. The van der Waals surface area contributed by atoms with Gasteiger partial charge in [0.25, 0.3) is 11.8 Å². The molecule has 0 fully saturated rings. The Kier molecular flexibility index (Phi) is 48.9. The highest BCUT2D eigenvalue weighted by molar-refractivity contribution is 8.00. The summed E-state index contributed by atoms with van der Waals surface area (Å²) in [6, 6.07) is 11.9. The number of hydrogen-bond acceptors (Lipinski definition) is 27. The van der Waals surface area contributed by atoms with Crippen LogP contribution in [0.1, 0.15) is 216 Å². The molecular weight excluding hydrogens is 1720 g/mol. The Balaban J connectivity index is 1.46. The molecule has 0 bridgehead atoms. The lowest BCUT2D eigenvalue weighted by Gasteiger charge is -2.29. The van der Waals surface area contributed by atoms with Gasteiger partial charge < -0.3 is 83.8 Å². The van der Waals surface area contributed by atoms with Crippen LogP contribution in [0.2, 0.25) is 0 Å². The Morgan fingerprint density at radius 2 is 0.885 bits per heavy atom. The molecule has 1 aliphatic heterocycles. The molecule has 0 unspecified atom stereocenters. The van der Waals surface area contributed by atoms with Crippen molar-refractivity contribution in [1.29, 1.82) is 0 Å². The number of amides is 9. The number of hydrogen-bond donors (Lipinski definition) is 16. The number of rotatable bonds is 67. The van der Waals surface area contributed by atoms with E-state index in [1.54, 1.807) is 90.9 Å². The number of imide groups is 1. The van der Waals surface area contributed by atoms with Gasteiger partial charge in [0.1, 0.15) is 23.4 Å². The quantitative estimate of drug-likeness (QED) is 0.0284. The molecule has 722 valence electrons. The average molecular weight is 1860 g/mol. The van der Waals surface area contributed by atoms with Gasteiger partial charge in [-0.3, -0.25) is 101 Å². The Morgan fingerprint density at radius 1 is 0.420 bits per heavy atom. The molecule has 1 aliphatic rings. The lowest BCUT2D eigenvalue weighted by atomic mass is 9.85. The SMILES string of the molecule is CC[C@H](C)[C@H](NC(=O)[C@H](CO)CC(=O)[C@H](CC(C)C)NC(=O)[C@H](CC(=O)O)CC(=O)[C@H](CO)NC(=O)[C@@H](CC(=O)[C@H](Cc1ccccc1)NC(=O)[C@@H](CC(=O)CNC(=O)[C@H](CCC(=O)O)CC(=O)CSCC(=O)CCCN1C(=O)c2ccccc2C1=O)[C@@H](C)O)[C@@H](C)O)C(=O)C[C@@H](Cc1ccc(O)cc1)C(=O)N[C@@H](CC(C)C)C(=O)C[C@@H](CC(=O)O)C(=O)N[C@H](C)CCCCN. The Labute approximate surface area is 766 Å². The molecule has 0 aliphatic carbocycles. The second-order valence-corrected chi connectivity index (χ2v) is 35.8. The lowest BCUT2D eigenvalue weighted by Crippen LogP contribution is -2.52. The van der Waals surface area contributed by atoms with Crippen LogP contribution in [0.4, 0.5) is 0 Å². The minimum absolute atomic E-state index is 0.0106. The molecule has 17 N–H and O–H groups in total. The lowest BCUT2D eigenvalue weighted by molar-refractivity contribution is -0.143. The van der Waals surface area contributed by atoms with Crippen LogP contribution in [0.3, 0.4) is 0 Å². The van der Waals surface area contributed by atoms with Gasteiger partial charge in [0.05, 0.1) is 121 Å². The number of nitrogens with one attached hydrogen (secondary N) is 7. The number of aliphatic carboxylic acids is 3. The number of carboxylic acids is 3. The number of fused-ring (bicyclic) bond motifs is 1. The maximum atomic E-state index is 14.8. The van der Waals surface area contributed by atoms with Crippen LogP contribution in [0, 0.1) is 59.2 Å². The van der Waals surface area contributed by atoms with E-state index in [1.165, 1.54) is 36.4 Å². The zero-order valence-corrected chi connectivity index (χ0v) is 76.7. The predicted octanol–water partition coefficient (Wildman–Crippen LogP) is 3.46. The fraction of sp³-hybridized carbons (Fsp3) is 0.591. The molecule has 9 amide bonds. The summed E-state index contributed by atoms with van der Waals surface area (Å²) < 4.78 is 0. The molecule has 0 aromatic heterocycles. The summed E-state index contributed by atoms with van der Waals surface area (Å²) in [5.41, 5.74) is 7.05. The number of nitrogens with two attached hydrogens (primary N) is 1. The topological polar surface area (TPSA) is 617 Å². The van der Waals surface area contributed by atoms with E-state index in [0.29, 0.717) is 36.9 Å². The van der Waals surface area contributed by atoms with E-state index < -0.39 is 291 Å². The largest absolute Gasteiger partial charge is 0.508 e. The number of carboxylic acid groups (broad SMARTS) is 3. The number of ketones is 8. The monoisotopic (exact) mass is 1850 g/mol. The van der Waals surface area contributed by atoms with Crippen LogP contribution < -0.4 is 43.0 Å². The summed E-state index contributed by atoms with van der Waals surface area (Å²) in [5.74, 6) is -30.7. The maximum absolute atomic E-state index is 14.8.